The summed E-state index contributed by atoms with van der Waals surface area (Å²) in [4.78, 5) is 39.0. The maximum absolute atomic E-state index is 12.9. The zero-order valence-corrected chi connectivity index (χ0v) is 18.8. The first kappa shape index (κ1) is 23.5. The number of aromatic amines is 1. The molecule has 0 saturated carbocycles. The van der Waals surface area contributed by atoms with Crippen molar-refractivity contribution in [1.82, 2.24) is 9.55 Å². The molecule has 2 N–H and O–H groups in total. The second kappa shape index (κ2) is 10.1. The minimum atomic E-state index is -0.798. The molecule has 34 heavy (non-hydrogen) atoms. The van der Waals surface area contributed by atoms with Crippen molar-refractivity contribution in [3.63, 3.8) is 0 Å². The zero-order chi connectivity index (χ0) is 24.2. The van der Waals surface area contributed by atoms with Crippen molar-refractivity contribution < 1.29 is 24.1 Å². The number of aryl methyl sites for hydroxylation is 1. The molecular weight excluding hydrogens is 440 g/mol. The monoisotopic (exact) mass is 466 g/mol. The third-order valence-corrected chi connectivity index (χ3v) is 5.77. The van der Waals surface area contributed by atoms with Gasteiger partial charge < -0.3 is 19.3 Å². The number of nitrogens with zero attached hydrogens (tertiary/aromatic N) is 1. The van der Waals surface area contributed by atoms with Crippen LogP contribution in [0.15, 0.2) is 70.4 Å². The smallest absolute Gasteiger partial charge is 0.330 e. The van der Waals surface area contributed by atoms with E-state index in [0.717, 1.165) is 0 Å². The highest BCUT2D eigenvalue weighted by Gasteiger charge is 2.39. The van der Waals surface area contributed by atoms with Gasteiger partial charge in [-0.3, -0.25) is 19.1 Å². The van der Waals surface area contributed by atoms with E-state index < -0.39 is 41.6 Å². The van der Waals surface area contributed by atoms with Gasteiger partial charge in [0.2, 0.25) is 0 Å². The van der Waals surface area contributed by atoms with Crippen molar-refractivity contribution >= 4 is 5.97 Å². The maximum atomic E-state index is 12.9. The van der Waals surface area contributed by atoms with Crippen LogP contribution in [0.3, 0.4) is 0 Å². The summed E-state index contributed by atoms with van der Waals surface area (Å²) < 4.78 is 18.5. The minimum Gasteiger partial charge on any atom is -0.459 e. The Morgan fingerprint density at radius 2 is 1.91 bits per heavy atom. The van der Waals surface area contributed by atoms with Gasteiger partial charge in [-0.05, 0) is 43.7 Å². The molecule has 4 atom stereocenters. The predicted octanol–water partition coefficient (Wildman–Crippen LogP) is 2.63. The fraction of sp³-hybridized carbons (Fsp3) is 0.320. The van der Waals surface area contributed by atoms with Crippen LogP contribution in [-0.2, 0) is 14.3 Å². The average Bonchev–Trinajstić information content (AvgIpc) is 3.24. The van der Waals surface area contributed by atoms with Gasteiger partial charge in [-0.2, -0.15) is 0 Å². The minimum absolute atomic E-state index is 0.159. The Morgan fingerprint density at radius 1 is 1.18 bits per heavy atom. The van der Waals surface area contributed by atoms with Crippen LogP contribution in [0.4, 0.5) is 0 Å². The summed E-state index contributed by atoms with van der Waals surface area (Å²) in [5.41, 5.74) is -0.0570. The van der Waals surface area contributed by atoms with E-state index in [1.165, 1.54) is 10.8 Å². The third kappa shape index (κ3) is 5.11. The molecule has 1 fully saturated rings. The van der Waals surface area contributed by atoms with Crippen molar-refractivity contribution in [2.24, 2.45) is 0 Å². The Kier molecular flexibility index (Phi) is 6.95. The number of nitrogens with one attached hydrogen (secondary N) is 1. The number of esters is 1. The molecule has 0 aliphatic carbocycles. The number of ether oxygens (including phenoxy) is 3. The number of para-hydroxylation sites is 1. The SMILES string of the molecule is Cc1cn([C@H]2C[C@H](OC(=O)C(C)c3cccc(Oc4ccccc4)c3)[C@@H](CO)O2)c(=O)[nH]c1=O. The molecule has 1 aromatic heterocycles. The number of carbonyl (C=O) groups excluding carboxylic acids is 1. The number of aliphatic hydroxyl groups excluding tert-OH is 1. The summed E-state index contributed by atoms with van der Waals surface area (Å²) in [5, 5.41) is 9.74. The van der Waals surface area contributed by atoms with E-state index >= 15 is 0 Å². The van der Waals surface area contributed by atoms with E-state index in [0.29, 0.717) is 22.6 Å². The molecule has 3 aromatic rings. The molecule has 2 heterocycles. The highest BCUT2D eigenvalue weighted by atomic mass is 16.6. The van der Waals surface area contributed by atoms with Gasteiger partial charge in [0, 0.05) is 18.2 Å². The Hall–Kier alpha value is -3.69. The molecule has 178 valence electrons. The maximum Gasteiger partial charge on any atom is 0.330 e. The Morgan fingerprint density at radius 3 is 2.65 bits per heavy atom. The van der Waals surface area contributed by atoms with Gasteiger partial charge in [-0.1, -0.05) is 30.3 Å². The lowest BCUT2D eigenvalue weighted by atomic mass is 10.0. The number of rotatable bonds is 7. The highest BCUT2D eigenvalue weighted by molar-refractivity contribution is 5.78. The van der Waals surface area contributed by atoms with Crippen molar-refractivity contribution in [2.45, 2.75) is 44.6 Å². The summed E-state index contributed by atoms with van der Waals surface area (Å²) in [5.74, 6) is 0.182. The Labute approximate surface area is 195 Å². The summed E-state index contributed by atoms with van der Waals surface area (Å²) in [6.45, 7) is 2.91. The molecule has 2 aromatic carbocycles. The molecule has 0 bridgehead atoms. The molecular formula is C25H26N2O7. The first-order chi connectivity index (χ1) is 16.4. The van der Waals surface area contributed by atoms with E-state index in [-0.39, 0.29) is 13.0 Å². The number of hydrogen-bond acceptors (Lipinski definition) is 7. The van der Waals surface area contributed by atoms with Crippen LogP contribution in [0, 0.1) is 6.92 Å². The summed E-state index contributed by atoms with van der Waals surface area (Å²) in [7, 11) is 0. The van der Waals surface area contributed by atoms with Crippen LogP contribution in [-0.4, -0.2) is 39.4 Å². The molecule has 9 heteroatoms. The largest absolute Gasteiger partial charge is 0.459 e. The first-order valence-electron chi connectivity index (χ1n) is 11.0. The number of carbonyl (C=O) groups is 1. The summed E-state index contributed by atoms with van der Waals surface area (Å²) in [6, 6.07) is 16.5. The number of H-pyrrole nitrogens is 1. The molecule has 4 rings (SSSR count). The molecule has 1 saturated heterocycles. The normalized spacial score (nSPS) is 20.6. The highest BCUT2D eigenvalue weighted by Crippen LogP contribution is 2.32. The number of benzene rings is 2. The standard InChI is InChI=1S/C25H26N2O7/c1-15-13-27(25(31)26-23(15)29)22-12-20(21(14-28)33-22)34-24(30)16(2)17-7-6-10-19(11-17)32-18-8-4-3-5-9-18/h3-11,13,16,20-22,28H,12,14H2,1-2H3,(H,26,29,31)/t16?,20-,21+,22+/m0/s1. The zero-order valence-electron chi connectivity index (χ0n) is 18.8. The number of aromatic nitrogens is 2. The lowest BCUT2D eigenvalue weighted by Crippen LogP contribution is -2.33. The van der Waals surface area contributed by atoms with Crippen LogP contribution in [0.5, 0.6) is 11.5 Å². The van der Waals surface area contributed by atoms with E-state index in [1.807, 2.05) is 36.4 Å². The van der Waals surface area contributed by atoms with Gasteiger partial charge in [-0.25, -0.2) is 4.79 Å². The van der Waals surface area contributed by atoms with E-state index in [4.69, 9.17) is 14.2 Å². The lowest BCUT2D eigenvalue weighted by Gasteiger charge is -2.19. The van der Waals surface area contributed by atoms with Crippen LogP contribution in [0.1, 0.15) is 36.6 Å². The topological polar surface area (TPSA) is 120 Å². The molecule has 1 unspecified atom stereocenters. The van der Waals surface area contributed by atoms with Gasteiger partial charge in [0.1, 0.15) is 29.9 Å². The molecule has 9 nitrogen and oxygen atoms in total. The van der Waals surface area contributed by atoms with Crippen molar-refractivity contribution in [1.29, 1.82) is 0 Å². The second-order valence-corrected chi connectivity index (χ2v) is 8.21. The van der Waals surface area contributed by atoms with Gasteiger partial charge in [0.15, 0.2) is 0 Å². The van der Waals surface area contributed by atoms with Crippen molar-refractivity contribution in [3.8, 4) is 11.5 Å². The van der Waals surface area contributed by atoms with Gasteiger partial charge in [0.25, 0.3) is 5.56 Å². The predicted molar refractivity (Wildman–Crippen MR) is 123 cm³/mol. The van der Waals surface area contributed by atoms with Gasteiger partial charge in [0.05, 0.1) is 12.5 Å². The molecule has 1 aliphatic heterocycles. The van der Waals surface area contributed by atoms with E-state index in [2.05, 4.69) is 4.98 Å². The van der Waals surface area contributed by atoms with Crippen molar-refractivity contribution in [2.75, 3.05) is 6.61 Å². The quantitative estimate of drug-likeness (QED) is 0.514. The number of hydrogen-bond donors (Lipinski definition) is 2. The average molecular weight is 466 g/mol. The van der Waals surface area contributed by atoms with E-state index in [1.54, 1.807) is 32.0 Å². The Balaban J connectivity index is 1.45. The van der Waals surface area contributed by atoms with Crippen molar-refractivity contribution in [3.05, 3.63) is 92.8 Å². The van der Waals surface area contributed by atoms with Gasteiger partial charge >= 0.3 is 11.7 Å². The lowest BCUT2D eigenvalue weighted by molar-refractivity contribution is -0.154. The second-order valence-electron chi connectivity index (χ2n) is 8.21. The Bertz CT molecular complexity index is 1270. The molecule has 1 aliphatic rings. The molecule has 0 radical (unpaired) electrons. The van der Waals surface area contributed by atoms with Crippen LogP contribution in [0.2, 0.25) is 0 Å². The van der Waals surface area contributed by atoms with E-state index in [9.17, 15) is 19.5 Å². The van der Waals surface area contributed by atoms with Crippen LogP contribution in [0.25, 0.3) is 0 Å². The fourth-order valence-electron chi connectivity index (χ4n) is 3.82. The molecule has 0 amide bonds. The van der Waals surface area contributed by atoms with Crippen LogP contribution >= 0.6 is 0 Å². The summed E-state index contributed by atoms with van der Waals surface area (Å²) in [6.07, 6.45) is -0.783. The third-order valence-electron chi connectivity index (χ3n) is 5.77. The molecule has 0 spiro atoms. The van der Waals surface area contributed by atoms with Gasteiger partial charge in [-0.15, -0.1) is 0 Å². The van der Waals surface area contributed by atoms with Crippen LogP contribution < -0.4 is 16.0 Å². The fourth-order valence-corrected chi connectivity index (χ4v) is 3.82. The number of aliphatic hydroxyl groups is 1. The summed E-state index contributed by atoms with van der Waals surface area (Å²) >= 11 is 0. The first-order valence-corrected chi connectivity index (χ1v) is 11.0.